The number of hydrogen-bond acceptors (Lipinski definition) is 10. The highest BCUT2D eigenvalue weighted by Crippen LogP contribution is 2.33. The van der Waals surface area contributed by atoms with Gasteiger partial charge in [-0.2, -0.15) is 4.98 Å². The highest BCUT2D eigenvalue weighted by molar-refractivity contribution is 8.00. The van der Waals surface area contributed by atoms with Gasteiger partial charge in [0, 0.05) is 12.6 Å². The van der Waals surface area contributed by atoms with Crippen LogP contribution < -0.4 is 14.8 Å². The summed E-state index contributed by atoms with van der Waals surface area (Å²) in [4.78, 5) is 4.44. The molecule has 0 spiro atoms. The van der Waals surface area contributed by atoms with E-state index in [0.29, 0.717) is 29.0 Å². The van der Waals surface area contributed by atoms with Crippen LogP contribution in [0.3, 0.4) is 0 Å². The molecule has 2 aromatic heterocycles. The van der Waals surface area contributed by atoms with Crippen LogP contribution in [0.4, 0.5) is 5.13 Å². The first-order chi connectivity index (χ1) is 12.7. The van der Waals surface area contributed by atoms with E-state index in [2.05, 4.69) is 32.6 Å². The van der Waals surface area contributed by atoms with E-state index in [9.17, 15) is 0 Å². The third kappa shape index (κ3) is 4.44. The minimum atomic E-state index is 0.475. The molecule has 3 rings (SSSR count). The first kappa shape index (κ1) is 18.5. The summed E-state index contributed by atoms with van der Waals surface area (Å²) in [6.07, 6.45) is 1.04. The van der Waals surface area contributed by atoms with Gasteiger partial charge in [-0.25, -0.2) is 0 Å². The number of thioether (sulfide) groups is 1. The van der Waals surface area contributed by atoms with E-state index in [-0.39, 0.29) is 0 Å². The highest BCUT2D eigenvalue weighted by atomic mass is 32.2. The molecule has 3 aromatic rings. The lowest BCUT2D eigenvalue weighted by molar-refractivity contribution is 0.388. The third-order valence-corrected chi connectivity index (χ3v) is 5.37. The second kappa shape index (κ2) is 8.86. The molecular weight excluding hydrogens is 374 g/mol. The minimum absolute atomic E-state index is 0.475. The van der Waals surface area contributed by atoms with Crippen molar-refractivity contribution in [3.05, 3.63) is 24.1 Å². The summed E-state index contributed by atoms with van der Waals surface area (Å²) < 4.78 is 16.8. The Kier molecular flexibility index (Phi) is 6.29. The maximum absolute atomic E-state index is 5.39. The van der Waals surface area contributed by atoms with Crippen molar-refractivity contribution < 1.29 is 14.0 Å². The molecule has 1 aromatic carbocycles. The molecule has 0 aliphatic carbocycles. The topological polar surface area (TPSA) is 95.2 Å². The van der Waals surface area contributed by atoms with Crippen LogP contribution in [0.2, 0.25) is 0 Å². The molecule has 138 valence electrons. The van der Waals surface area contributed by atoms with Crippen LogP contribution >= 0.6 is 23.1 Å². The van der Waals surface area contributed by atoms with Crippen LogP contribution in [0.15, 0.2) is 27.1 Å². The van der Waals surface area contributed by atoms with Crippen molar-refractivity contribution in [2.24, 2.45) is 0 Å². The van der Waals surface area contributed by atoms with Crippen molar-refractivity contribution in [3.63, 3.8) is 0 Å². The fraction of sp³-hybridized carbons (Fsp3) is 0.375. The van der Waals surface area contributed by atoms with Crippen LogP contribution in [-0.4, -0.2) is 41.1 Å². The summed E-state index contributed by atoms with van der Waals surface area (Å²) in [5.41, 5.74) is 0.746. The second-order valence-electron chi connectivity index (χ2n) is 5.17. The lowest BCUT2D eigenvalue weighted by atomic mass is 10.2. The van der Waals surface area contributed by atoms with Gasteiger partial charge in [0.15, 0.2) is 4.34 Å². The van der Waals surface area contributed by atoms with Gasteiger partial charge in [-0.15, -0.1) is 10.2 Å². The first-order valence-corrected chi connectivity index (χ1v) is 9.78. The van der Waals surface area contributed by atoms with Gasteiger partial charge in [0.25, 0.3) is 0 Å². The summed E-state index contributed by atoms with van der Waals surface area (Å²) in [5.74, 6) is 2.84. The van der Waals surface area contributed by atoms with Crippen LogP contribution in [0, 0.1) is 0 Å². The SMILES string of the molecule is CCCNc1nnc(SCc2nc(-c3ccc(OC)cc3OC)no2)s1. The summed E-state index contributed by atoms with van der Waals surface area (Å²) >= 11 is 3.02. The summed E-state index contributed by atoms with van der Waals surface area (Å²) in [7, 11) is 3.20. The van der Waals surface area contributed by atoms with Gasteiger partial charge >= 0.3 is 0 Å². The van der Waals surface area contributed by atoms with Crippen LogP contribution in [0.25, 0.3) is 11.4 Å². The van der Waals surface area contributed by atoms with Gasteiger partial charge < -0.3 is 19.3 Å². The van der Waals surface area contributed by atoms with Gasteiger partial charge in [0.1, 0.15) is 11.5 Å². The van der Waals surface area contributed by atoms with Gasteiger partial charge in [0.05, 0.1) is 25.5 Å². The van der Waals surface area contributed by atoms with Crippen molar-refractivity contribution in [3.8, 4) is 22.9 Å². The van der Waals surface area contributed by atoms with Crippen LogP contribution in [0.5, 0.6) is 11.5 Å². The molecule has 0 unspecified atom stereocenters. The summed E-state index contributed by atoms with van der Waals surface area (Å²) in [5, 5.41) is 16.3. The lowest BCUT2D eigenvalue weighted by Gasteiger charge is -2.07. The Bertz CT molecular complexity index is 852. The van der Waals surface area contributed by atoms with Gasteiger partial charge in [0.2, 0.25) is 16.8 Å². The number of rotatable bonds is 9. The molecule has 0 amide bonds. The maximum Gasteiger partial charge on any atom is 0.237 e. The zero-order valence-electron chi connectivity index (χ0n) is 14.7. The molecule has 0 saturated carbocycles. The Morgan fingerprint density at radius 1 is 1.23 bits per heavy atom. The summed E-state index contributed by atoms with van der Waals surface area (Å²) in [6, 6.07) is 5.46. The summed E-state index contributed by atoms with van der Waals surface area (Å²) in [6.45, 7) is 2.99. The van der Waals surface area contributed by atoms with Crippen molar-refractivity contribution in [2.45, 2.75) is 23.4 Å². The Labute approximate surface area is 159 Å². The quantitative estimate of drug-likeness (QED) is 0.546. The standard InChI is InChI=1S/C16H19N5O3S2/c1-4-7-17-15-19-20-16(26-15)25-9-13-18-14(21-24-13)11-6-5-10(22-2)8-12(11)23-3/h5-6,8H,4,7,9H2,1-3H3,(H,17,19). The Hall–Kier alpha value is -2.33. The molecule has 2 heterocycles. The molecule has 10 heteroatoms. The molecule has 0 fully saturated rings. The fourth-order valence-electron chi connectivity index (χ4n) is 2.10. The third-order valence-electron chi connectivity index (χ3n) is 3.37. The molecule has 8 nitrogen and oxygen atoms in total. The number of aromatic nitrogens is 4. The molecule has 26 heavy (non-hydrogen) atoms. The van der Waals surface area contributed by atoms with Crippen LogP contribution in [0.1, 0.15) is 19.2 Å². The van der Waals surface area contributed by atoms with E-state index in [1.165, 1.54) is 23.1 Å². The molecule has 1 N–H and O–H groups in total. The smallest absolute Gasteiger partial charge is 0.237 e. The number of ether oxygens (including phenoxy) is 2. The maximum atomic E-state index is 5.39. The highest BCUT2D eigenvalue weighted by Gasteiger charge is 2.15. The van der Waals surface area contributed by atoms with E-state index < -0.39 is 0 Å². The van der Waals surface area contributed by atoms with Crippen LogP contribution in [-0.2, 0) is 5.75 Å². The Balaban J connectivity index is 1.66. The lowest BCUT2D eigenvalue weighted by Crippen LogP contribution is -1.98. The zero-order chi connectivity index (χ0) is 18.4. The number of nitrogens with zero attached hydrogens (tertiary/aromatic N) is 4. The first-order valence-electron chi connectivity index (χ1n) is 7.98. The van der Waals surface area contributed by atoms with Gasteiger partial charge in [-0.1, -0.05) is 35.2 Å². The van der Waals surface area contributed by atoms with Crippen molar-refractivity contribution in [1.82, 2.24) is 20.3 Å². The number of benzene rings is 1. The molecule has 0 atom stereocenters. The van der Waals surface area contributed by atoms with E-state index in [0.717, 1.165) is 28.0 Å². The predicted octanol–water partition coefficient (Wildman–Crippen LogP) is 3.72. The molecule has 0 saturated heterocycles. The molecule has 0 radical (unpaired) electrons. The number of nitrogens with one attached hydrogen (secondary N) is 1. The van der Waals surface area contributed by atoms with Gasteiger partial charge in [-0.05, 0) is 18.6 Å². The normalized spacial score (nSPS) is 10.7. The Morgan fingerprint density at radius 3 is 2.88 bits per heavy atom. The van der Waals surface area contributed by atoms with Crippen molar-refractivity contribution in [2.75, 3.05) is 26.1 Å². The van der Waals surface area contributed by atoms with Crippen molar-refractivity contribution in [1.29, 1.82) is 0 Å². The molecule has 0 aliphatic rings. The molecule has 0 aliphatic heterocycles. The van der Waals surface area contributed by atoms with Gasteiger partial charge in [-0.3, -0.25) is 0 Å². The van der Waals surface area contributed by atoms with E-state index in [1.54, 1.807) is 20.3 Å². The average Bonchev–Trinajstić information content (AvgIpc) is 3.33. The monoisotopic (exact) mass is 393 g/mol. The predicted molar refractivity (Wildman–Crippen MR) is 101 cm³/mol. The van der Waals surface area contributed by atoms with E-state index in [4.69, 9.17) is 14.0 Å². The van der Waals surface area contributed by atoms with E-state index in [1.807, 2.05) is 12.1 Å². The Morgan fingerprint density at radius 2 is 2.12 bits per heavy atom. The fourth-order valence-corrected chi connectivity index (χ4v) is 3.72. The number of hydrogen-bond donors (Lipinski definition) is 1. The number of anilines is 1. The molecule has 0 bridgehead atoms. The average molecular weight is 393 g/mol. The second-order valence-corrected chi connectivity index (χ2v) is 7.37. The minimum Gasteiger partial charge on any atom is -0.497 e. The zero-order valence-corrected chi connectivity index (χ0v) is 16.3. The van der Waals surface area contributed by atoms with Crippen molar-refractivity contribution >= 4 is 28.2 Å². The largest absolute Gasteiger partial charge is 0.497 e. The van der Waals surface area contributed by atoms with E-state index >= 15 is 0 Å². The molecular formula is C16H19N5O3S2. The number of methoxy groups -OCH3 is 2.